The van der Waals surface area contributed by atoms with Crippen molar-refractivity contribution in [1.29, 1.82) is 0 Å². The first-order valence-corrected chi connectivity index (χ1v) is 11.0. The molecule has 2 unspecified atom stereocenters. The van der Waals surface area contributed by atoms with Crippen LogP contribution < -0.4 is 0 Å². The number of halogens is 2. The van der Waals surface area contributed by atoms with Crippen LogP contribution in [0.3, 0.4) is 0 Å². The lowest BCUT2D eigenvalue weighted by Gasteiger charge is -2.11. The van der Waals surface area contributed by atoms with Crippen molar-refractivity contribution in [2.24, 2.45) is 0 Å². The second kappa shape index (κ2) is 10.9. The van der Waals surface area contributed by atoms with Crippen LogP contribution in [0.1, 0.15) is 47.3 Å². The average Bonchev–Trinajstić information content (AvgIpc) is 3.28. The highest BCUT2D eigenvalue weighted by Gasteiger charge is 2.23. The summed E-state index contributed by atoms with van der Waals surface area (Å²) in [5.74, 6) is 0. The van der Waals surface area contributed by atoms with Crippen molar-refractivity contribution in [1.82, 2.24) is 0 Å². The monoisotopic (exact) mass is 512 g/mol. The number of hydrogen-bond acceptors (Lipinski definition) is 4. The Morgan fingerprint density at radius 3 is 1.57 bits per heavy atom. The van der Waals surface area contributed by atoms with Gasteiger partial charge in [-0.05, 0) is 72.2 Å². The molecule has 0 spiro atoms. The Kier molecular flexibility index (Phi) is 8.51. The van der Waals surface area contributed by atoms with Gasteiger partial charge >= 0.3 is 0 Å². The Balaban J connectivity index is 0.000000161. The average molecular weight is 514 g/mol. The zero-order valence-corrected chi connectivity index (χ0v) is 19.4. The fraction of sp³-hybridized carbons (Fsp3) is 0.455. The van der Waals surface area contributed by atoms with Crippen LogP contribution in [-0.2, 0) is 31.8 Å². The normalized spacial score (nSPS) is 19.7. The fourth-order valence-corrected chi connectivity index (χ4v) is 4.56. The van der Waals surface area contributed by atoms with Crippen molar-refractivity contribution in [3.05, 3.63) is 67.6 Å². The summed E-state index contributed by atoms with van der Waals surface area (Å²) < 4.78 is 23.3. The lowest BCUT2D eigenvalue weighted by molar-refractivity contribution is -0.0724. The van der Waals surface area contributed by atoms with Gasteiger partial charge in [0.1, 0.15) is 13.6 Å². The van der Waals surface area contributed by atoms with Gasteiger partial charge in [0.25, 0.3) is 0 Å². The van der Waals surface area contributed by atoms with Gasteiger partial charge < -0.3 is 18.9 Å². The number of aryl methyl sites for hydroxylation is 2. The van der Waals surface area contributed by atoms with Crippen LogP contribution in [0.2, 0.25) is 0 Å². The highest BCUT2D eigenvalue weighted by molar-refractivity contribution is 9.10. The molecule has 2 aromatic carbocycles. The van der Waals surface area contributed by atoms with E-state index in [2.05, 4.69) is 68.3 Å². The summed E-state index contributed by atoms with van der Waals surface area (Å²) in [5.41, 5.74) is 5.40. The molecule has 0 N–H and O–H groups in total. The standard InChI is InChI=1S/2C11H13BrO2/c2*1-13-7-14-11-5-2-8-6-9(12)3-4-10(8)11/h2*3-4,6,11H,2,5,7H2,1H3. The predicted molar refractivity (Wildman–Crippen MR) is 116 cm³/mol. The molecule has 0 aromatic heterocycles. The van der Waals surface area contributed by atoms with E-state index in [9.17, 15) is 0 Å². The highest BCUT2D eigenvalue weighted by atomic mass is 79.9. The van der Waals surface area contributed by atoms with Crippen LogP contribution in [0.15, 0.2) is 45.3 Å². The molecule has 4 nitrogen and oxygen atoms in total. The quantitative estimate of drug-likeness (QED) is 0.436. The Bertz CT molecular complexity index is 716. The molecule has 0 radical (unpaired) electrons. The van der Waals surface area contributed by atoms with Crippen LogP contribution in [0.5, 0.6) is 0 Å². The minimum absolute atomic E-state index is 0.220. The summed E-state index contributed by atoms with van der Waals surface area (Å²) in [6.45, 7) is 0.750. The zero-order chi connectivity index (χ0) is 19.9. The molecule has 0 saturated carbocycles. The van der Waals surface area contributed by atoms with Gasteiger partial charge in [-0.1, -0.05) is 44.0 Å². The van der Waals surface area contributed by atoms with E-state index in [1.54, 1.807) is 14.2 Å². The molecule has 0 bridgehead atoms. The van der Waals surface area contributed by atoms with E-state index in [0.29, 0.717) is 13.6 Å². The van der Waals surface area contributed by atoms with Gasteiger partial charge in [0.05, 0.1) is 12.2 Å². The minimum atomic E-state index is 0.220. The second-order valence-corrected chi connectivity index (χ2v) is 8.72. The summed E-state index contributed by atoms with van der Waals surface area (Å²) in [7, 11) is 3.30. The minimum Gasteiger partial charge on any atom is -0.359 e. The summed E-state index contributed by atoms with van der Waals surface area (Å²) in [6, 6.07) is 12.7. The maximum absolute atomic E-state index is 5.58. The summed E-state index contributed by atoms with van der Waals surface area (Å²) >= 11 is 6.94. The second-order valence-electron chi connectivity index (χ2n) is 6.89. The van der Waals surface area contributed by atoms with Crippen LogP contribution in [0.25, 0.3) is 0 Å². The number of methoxy groups -OCH3 is 2. The van der Waals surface area contributed by atoms with Crippen LogP contribution in [0, 0.1) is 0 Å². The number of rotatable bonds is 6. The SMILES string of the molecule is COCOC1CCc2cc(Br)ccc21.COCOC1CCc2cc(Br)ccc21. The van der Waals surface area contributed by atoms with Crippen molar-refractivity contribution < 1.29 is 18.9 Å². The number of ether oxygens (including phenoxy) is 4. The smallest absolute Gasteiger partial charge is 0.147 e. The molecule has 2 aromatic rings. The van der Waals surface area contributed by atoms with Crippen molar-refractivity contribution in [2.45, 2.75) is 37.9 Å². The van der Waals surface area contributed by atoms with E-state index >= 15 is 0 Å². The van der Waals surface area contributed by atoms with Gasteiger partial charge in [0.15, 0.2) is 0 Å². The molecule has 28 heavy (non-hydrogen) atoms. The first-order chi connectivity index (χ1) is 13.6. The summed E-state index contributed by atoms with van der Waals surface area (Å²) in [5, 5.41) is 0. The first-order valence-electron chi connectivity index (χ1n) is 9.40. The third-order valence-electron chi connectivity index (χ3n) is 5.03. The topological polar surface area (TPSA) is 36.9 Å². The molecule has 152 valence electrons. The van der Waals surface area contributed by atoms with Crippen molar-refractivity contribution in [3.63, 3.8) is 0 Å². The summed E-state index contributed by atoms with van der Waals surface area (Å²) in [4.78, 5) is 0. The predicted octanol–water partition coefficient (Wildman–Crippen LogP) is 6.11. The molecule has 0 aliphatic heterocycles. The Morgan fingerprint density at radius 1 is 0.750 bits per heavy atom. The molecule has 2 aliphatic carbocycles. The van der Waals surface area contributed by atoms with Gasteiger partial charge in [-0.3, -0.25) is 0 Å². The molecule has 0 saturated heterocycles. The molecule has 2 aliphatic rings. The highest BCUT2D eigenvalue weighted by Crippen LogP contribution is 2.36. The Morgan fingerprint density at radius 2 is 1.18 bits per heavy atom. The number of benzene rings is 2. The molecule has 6 heteroatoms. The Labute approximate surface area is 183 Å². The van der Waals surface area contributed by atoms with E-state index in [1.165, 1.54) is 22.3 Å². The maximum Gasteiger partial charge on any atom is 0.147 e. The summed E-state index contributed by atoms with van der Waals surface area (Å²) in [6.07, 6.45) is 4.77. The van der Waals surface area contributed by atoms with Crippen molar-refractivity contribution in [3.8, 4) is 0 Å². The lowest BCUT2D eigenvalue weighted by Crippen LogP contribution is -2.02. The number of fused-ring (bicyclic) bond motifs is 2. The van der Waals surface area contributed by atoms with Gasteiger partial charge in [-0.15, -0.1) is 0 Å². The molecular weight excluding hydrogens is 488 g/mol. The zero-order valence-electron chi connectivity index (χ0n) is 16.3. The van der Waals surface area contributed by atoms with Crippen molar-refractivity contribution in [2.75, 3.05) is 27.8 Å². The van der Waals surface area contributed by atoms with Gasteiger partial charge in [0.2, 0.25) is 0 Å². The van der Waals surface area contributed by atoms with E-state index < -0.39 is 0 Å². The van der Waals surface area contributed by atoms with E-state index in [4.69, 9.17) is 18.9 Å². The van der Waals surface area contributed by atoms with E-state index in [0.717, 1.165) is 34.6 Å². The van der Waals surface area contributed by atoms with Gasteiger partial charge in [-0.25, -0.2) is 0 Å². The van der Waals surface area contributed by atoms with E-state index in [-0.39, 0.29) is 12.2 Å². The molecule has 0 fully saturated rings. The van der Waals surface area contributed by atoms with Crippen LogP contribution in [0.4, 0.5) is 0 Å². The molecular formula is C22H26Br2O4. The van der Waals surface area contributed by atoms with Crippen molar-refractivity contribution >= 4 is 31.9 Å². The molecule has 0 amide bonds. The molecule has 0 heterocycles. The number of hydrogen-bond donors (Lipinski definition) is 0. The van der Waals surface area contributed by atoms with Crippen LogP contribution in [-0.4, -0.2) is 27.8 Å². The lowest BCUT2D eigenvalue weighted by atomic mass is 10.1. The Hall–Kier alpha value is -0.760. The maximum atomic E-state index is 5.58. The fourth-order valence-electron chi connectivity index (χ4n) is 3.74. The third kappa shape index (κ3) is 5.65. The largest absolute Gasteiger partial charge is 0.359 e. The molecule has 2 atom stereocenters. The van der Waals surface area contributed by atoms with Gasteiger partial charge in [-0.2, -0.15) is 0 Å². The molecule has 4 rings (SSSR count). The van der Waals surface area contributed by atoms with Gasteiger partial charge in [0, 0.05) is 23.2 Å². The van der Waals surface area contributed by atoms with Crippen LogP contribution >= 0.6 is 31.9 Å². The first kappa shape index (κ1) is 21.9. The third-order valence-corrected chi connectivity index (χ3v) is 6.02. The van der Waals surface area contributed by atoms with E-state index in [1.807, 2.05) is 0 Å².